The molecule has 0 unspecified atom stereocenters. The maximum absolute atomic E-state index is 12.6. The zero-order valence-corrected chi connectivity index (χ0v) is 17.0. The highest BCUT2D eigenvalue weighted by molar-refractivity contribution is 7.16. The minimum atomic E-state index is -0.408. The van der Waals surface area contributed by atoms with E-state index in [9.17, 15) is 9.59 Å². The van der Waals surface area contributed by atoms with E-state index in [4.69, 9.17) is 4.74 Å². The molecule has 0 bridgehead atoms. The average Bonchev–Trinajstić information content (AvgIpc) is 3.09. The van der Waals surface area contributed by atoms with Gasteiger partial charge in [-0.1, -0.05) is 0 Å². The van der Waals surface area contributed by atoms with Crippen molar-refractivity contribution in [1.82, 2.24) is 9.55 Å². The Labute approximate surface area is 162 Å². The maximum Gasteiger partial charge on any atom is 0.341 e. The molecular weight excluding hydrogens is 362 g/mol. The van der Waals surface area contributed by atoms with Crippen LogP contribution in [0.5, 0.6) is 0 Å². The fourth-order valence-electron chi connectivity index (χ4n) is 2.92. The molecule has 0 aliphatic carbocycles. The van der Waals surface area contributed by atoms with Crippen LogP contribution in [0.2, 0.25) is 0 Å². The molecule has 0 aliphatic rings. The lowest BCUT2D eigenvalue weighted by molar-refractivity contribution is -0.116. The van der Waals surface area contributed by atoms with Crippen LogP contribution in [0.4, 0.5) is 5.00 Å². The summed E-state index contributed by atoms with van der Waals surface area (Å²) < 4.78 is 6.95. The van der Waals surface area contributed by atoms with E-state index in [1.807, 2.05) is 44.4 Å². The Morgan fingerprint density at radius 1 is 1.19 bits per heavy atom. The zero-order valence-electron chi connectivity index (χ0n) is 16.2. The van der Waals surface area contributed by atoms with Gasteiger partial charge in [-0.15, -0.1) is 11.3 Å². The minimum absolute atomic E-state index is 0.122. The van der Waals surface area contributed by atoms with E-state index in [0.717, 1.165) is 27.0 Å². The second-order valence-corrected chi connectivity index (χ2v) is 7.78. The van der Waals surface area contributed by atoms with Crippen LogP contribution in [0.3, 0.4) is 0 Å². The number of carbonyl (C=O) groups is 2. The number of fused-ring (bicyclic) bond motifs is 1. The number of thiophene rings is 1. The van der Waals surface area contributed by atoms with Crippen LogP contribution < -0.4 is 5.32 Å². The first-order valence-corrected chi connectivity index (χ1v) is 9.62. The first-order chi connectivity index (χ1) is 12.8. The van der Waals surface area contributed by atoms with Crippen LogP contribution in [0.25, 0.3) is 11.0 Å². The van der Waals surface area contributed by atoms with Crippen molar-refractivity contribution < 1.29 is 14.3 Å². The Hall–Kier alpha value is -2.67. The summed E-state index contributed by atoms with van der Waals surface area (Å²) in [7, 11) is 0. The van der Waals surface area contributed by atoms with Crippen molar-refractivity contribution in [2.45, 2.75) is 41.2 Å². The molecular formula is C20H23N3O3S. The van der Waals surface area contributed by atoms with Crippen molar-refractivity contribution in [1.29, 1.82) is 0 Å². The topological polar surface area (TPSA) is 73.2 Å². The van der Waals surface area contributed by atoms with E-state index in [2.05, 4.69) is 10.3 Å². The van der Waals surface area contributed by atoms with Crippen molar-refractivity contribution in [2.75, 3.05) is 11.9 Å². The van der Waals surface area contributed by atoms with Gasteiger partial charge in [-0.25, -0.2) is 9.78 Å². The number of esters is 1. The number of imidazole rings is 1. The molecule has 6 nitrogen and oxygen atoms in total. The van der Waals surface area contributed by atoms with Gasteiger partial charge in [0.2, 0.25) is 5.91 Å². The van der Waals surface area contributed by atoms with Crippen LogP contribution in [0, 0.1) is 27.7 Å². The number of nitrogens with zero attached hydrogens (tertiary/aromatic N) is 2. The number of aromatic nitrogens is 2. The van der Waals surface area contributed by atoms with Crippen molar-refractivity contribution in [3.8, 4) is 0 Å². The molecule has 1 N–H and O–H groups in total. The van der Waals surface area contributed by atoms with Gasteiger partial charge >= 0.3 is 5.97 Å². The fourth-order valence-corrected chi connectivity index (χ4v) is 3.99. The summed E-state index contributed by atoms with van der Waals surface area (Å²) >= 11 is 1.39. The summed E-state index contributed by atoms with van der Waals surface area (Å²) in [5.74, 6) is -0.617. The summed E-state index contributed by atoms with van der Waals surface area (Å²) in [5.41, 5.74) is 5.38. The normalized spacial score (nSPS) is 11.0. The molecule has 3 rings (SSSR count). The van der Waals surface area contributed by atoms with Crippen LogP contribution in [-0.2, 0) is 16.1 Å². The number of benzene rings is 1. The van der Waals surface area contributed by atoms with Gasteiger partial charge in [0, 0.05) is 4.88 Å². The molecule has 1 aromatic carbocycles. The molecule has 27 heavy (non-hydrogen) atoms. The number of anilines is 1. The molecule has 2 heterocycles. The number of amides is 1. The number of rotatable bonds is 5. The SMILES string of the molecule is CCOC(=O)c1c(NC(=O)Cn2cnc3cc(C)c(C)cc32)sc(C)c1C. The van der Waals surface area contributed by atoms with Gasteiger partial charge in [0.05, 0.1) is 29.5 Å². The monoisotopic (exact) mass is 385 g/mol. The first-order valence-electron chi connectivity index (χ1n) is 8.80. The van der Waals surface area contributed by atoms with E-state index in [-0.39, 0.29) is 12.5 Å². The smallest absolute Gasteiger partial charge is 0.341 e. The summed E-state index contributed by atoms with van der Waals surface area (Å²) in [6, 6.07) is 4.05. The van der Waals surface area contributed by atoms with Crippen LogP contribution in [0.15, 0.2) is 18.5 Å². The lowest BCUT2D eigenvalue weighted by Crippen LogP contribution is -2.19. The van der Waals surface area contributed by atoms with Gasteiger partial charge in [-0.3, -0.25) is 4.79 Å². The minimum Gasteiger partial charge on any atom is -0.462 e. The van der Waals surface area contributed by atoms with E-state index < -0.39 is 5.97 Å². The number of hydrogen-bond donors (Lipinski definition) is 1. The fraction of sp³-hybridized carbons (Fsp3) is 0.350. The van der Waals surface area contributed by atoms with Crippen LogP contribution >= 0.6 is 11.3 Å². The Kier molecular flexibility index (Phi) is 5.32. The van der Waals surface area contributed by atoms with Gasteiger partial charge in [0.15, 0.2) is 0 Å². The largest absolute Gasteiger partial charge is 0.462 e. The molecule has 0 saturated heterocycles. The molecule has 0 spiro atoms. The predicted octanol–water partition coefficient (Wildman–Crippen LogP) is 4.15. The highest BCUT2D eigenvalue weighted by Crippen LogP contribution is 2.33. The van der Waals surface area contributed by atoms with Gasteiger partial charge in [0.25, 0.3) is 0 Å². The van der Waals surface area contributed by atoms with Crippen molar-refractivity contribution in [3.63, 3.8) is 0 Å². The van der Waals surface area contributed by atoms with E-state index in [1.54, 1.807) is 13.3 Å². The highest BCUT2D eigenvalue weighted by atomic mass is 32.1. The number of ether oxygens (including phenoxy) is 1. The number of hydrogen-bond acceptors (Lipinski definition) is 5. The number of aryl methyl sites for hydroxylation is 3. The van der Waals surface area contributed by atoms with E-state index in [1.165, 1.54) is 16.9 Å². The van der Waals surface area contributed by atoms with Gasteiger partial charge < -0.3 is 14.6 Å². The van der Waals surface area contributed by atoms with Crippen molar-refractivity contribution in [2.24, 2.45) is 0 Å². The summed E-state index contributed by atoms with van der Waals surface area (Å²) in [6.45, 7) is 10.0. The van der Waals surface area contributed by atoms with E-state index >= 15 is 0 Å². The molecule has 0 atom stereocenters. The first kappa shape index (κ1) is 19.1. The number of nitrogens with one attached hydrogen (secondary N) is 1. The van der Waals surface area contributed by atoms with E-state index in [0.29, 0.717) is 17.2 Å². The highest BCUT2D eigenvalue weighted by Gasteiger charge is 2.22. The quantitative estimate of drug-likeness (QED) is 0.670. The van der Waals surface area contributed by atoms with Crippen LogP contribution in [0.1, 0.15) is 38.8 Å². The Bertz CT molecular complexity index is 1030. The Morgan fingerprint density at radius 2 is 1.89 bits per heavy atom. The molecule has 2 aromatic heterocycles. The molecule has 0 fully saturated rings. The van der Waals surface area contributed by atoms with Gasteiger partial charge in [-0.2, -0.15) is 0 Å². The average molecular weight is 385 g/mol. The van der Waals surface area contributed by atoms with Gasteiger partial charge in [-0.05, 0) is 63.4 Å². The molecule has 1 amide bonds. The Balaban J connectivity index is 1.84. The second kappa shape index (κ2) is 7.52. The maximum atomic E-state index is 12.6. The predicted molar refractivity (Wildman–Crippen MR) is 108 cm³/mol. The van der Waals surface area contributed by atoms with Crippen molar-refractivity contribution >= 4 is 39.2 Å². The summed E-state index contributed by atoms with van der Waals surface area (Å²) in [5, 5.41) is 3.40. The molecule has 0 aliphatic heterocycles. The zero-order chi connectivity index (χ0) is 19.7. The lowest BCUT2D eigenvalue weighted by Gasteiger charge is -2.09. The van der Waals surface area contributed by atoms with Crippen molar-refractivity contribution in [3.05, 3.63) is 45.6 Å². The van der Waals surface area contributed by atoms with Crippen LogP contribution in [-0.4, -0.2) is 28.0 Å². The molecule has 7 heteroatoms. The molecule has 0 radical (unpaired) electrons. The molecule has 3 aromatic rings. The molecule has 0 saturated carbocycles. The van der Waals surface area contributed by atoms with Gasteiger partial charge in [0.1, 0.15) is 11.5 Å². The Morgan fingerprint density at radius 3 is 2.59 bits per heavy atom. The molecule has 142 valence electrons. The number of carbonyl (C=O) groups excluding carboxylic acids is 2. The second-order valence-electron chi connectivity index (χ2n) is 6.55. The lowest BCUT2D eigenvalue weighted by atomic mass is 10.1. The summed E-state index contributed by atoms with van der Waals surface area (Å²) in [6.07, 6.45) is 1.67. The third kappa shape index (κ3) is 3.73. The standard InChI is InChI=1S/C20H23N3O3S/c1-6-26-20(25)18-13(4)14(5)27-19(18)22-17(24)9-23-10-21-15-7-11(2)12(3)8-16(15)23/h7-8,10H,6,9H2,1-5H3,(H,22,24). The third-order valence-electron chi connectivity index (χ3n) is 4.67. The summed E-state index contributed by atoms with van der Waals surface area (Å²) in [4.78, 5) is 30.2. The third-order valence-corrected chi connectivity index (χ3v) is 5.79.